The molecular weight excluding hydrogens is 937 g/mol. The number of benzene rings is 6. The second-order valence-electron chi connectivity index (χ2n) is 18.8. The van der Waals surface area contributed by atoms with Crippen molar-refractivity contribution in [3.63, 3.8) is 0 Å². The molecule has 6 aromatic carbocycles. The zero-order valence-corrected chi connectivity index (χ0v) is 42.9. The van der Waals surface area contributed by atoms with Gasteiger partial charge in [0.05, 0.1) is 0 Å². The van der Waals surface area contributed by atoms with Crippen molar-refractivity contribution in [2.45, 2.75) is 113 Å². The minimum absolute atomic E-state index is 0.105. The lowest BCUT2D eigenvalue weighted by molar-refractivity contribution is -0.146. The molecule has 0 bridgehead atoms. The van der Waals surface area contributed by atoms with Gasteiger partial charge in [-0.05, 0) is 142 Å². The molecule has 354 valence electrons. The molecule has 70 heavy (non-hydrogen) atoms. The third-order valence-corrected chi connectivity index (χ3v) is 20.0. The minimum atomic E-state index is -0.105. The quantitative estimate of drug-likeness (QED) is 0.0388. The van der Waals surface area contributed by atoms with Gasteiger partial charge < -0.3 is 9.47 Å². The Balaban J connectivity index is 0.709. The predicted molar refractivity (Wildman–Crippen MR) is 296 cm³/mol. The number of carbonyl (C=O) groups is 2. The summed E-state index contributed by atoms with van der Waals surface area (Å²) in [5, 5.41) is 1.50. The van der Waals surface area contributed by atoms with E-state index in [-0.39, 0.29) is 23.8 Å². The van der Waals surface area contributed by atoms with Crippen molar-refractivity contribution in [1.82, 2.24) is 0 Å². The Kier molecular flexibility index (Phi) is 16.5. The molecule has 10 rings (SSSR count). The number of rotatable bonds is 17. The smallest absolute Gasteiger partial charge is 0.306 e. The molecule has 2 saturated heterocycles. The molecule has 0 amide bonds. The van der Waals surface area contributed by atoms with Crippen molar-refractivity contribution in [3.05, 3.63) is 178 Å². The lowest BCUT2D eigenvalue weighted by Crippen LogP contribution is -2.05. The Morgan fingerprint density at radius 1 is 0.486 bits per heavy atom. The highest BCUT2D eigenvalue weighted by atomic mass is 33.1. The van der Waals surface area contributed by atoms with Crippen LogP contribution in [0, 0.1) is 23.7 Å². The van der Waals surface area contributed by atoms with E-state index in [0.29, 0.717) is 26.1 Å². The standard InChI is InChI=1S/C62H58O4S4/c63-61(21-7-1-13-49-35-37-67-69-49)65-41-45-27-33-57-53(51-15-3-5-17-55(51)59(57)39-45)19-9-11-43-23-29-47(30-24-43)48-31-25-44(26-32-48)12-10-20-54-52-16-4-6-18-56(52)60-40-46(28-34-58(54)60)42-66-62(64)22-8-2-14-50-36-38-68-70-50/h3-6,15-18,23-34,39-40,49-50,53-54H,1-2,7-8,13-14,19-22,35-38,41-42H2. The van der Waals surface area contributed by atoms with Gasteiger partial charge in [-0.15, -0.1) is 0 Å². The topological polar surface area (TPSA) is 52.6 Å². The van der Waals surface area contributed by atoms with Crippen molar-refractivity contribution in [2.24, 2.45) is 0 Å². The average molecular weight is 995 g/mol. The van der Waals surface area contributed by atoms with Gasteiger partial charge in [-0.3, -0.25) is 9.59 Å². The fraction of sp³-hybridized carbons (Fsp3) is 0.323. The first kappa shape index (κ1) is 48.4. The van der Waals surface area contributed by atoms with Crippen LogP contribution >= 0.6 is 43.2 Å². The van der Waals surface area contributed by atoms with Crippen molar-refractivity contribution in [2.75, 3.05) is 11.5 Å². The van der Waals surface area contributed by atoms with Gasteiger partial charge in [0, 0.05) is 70.7 Å². The fourth-order valence-corrected chi connectivity index (χ4v) is 16.3. The molecule has 0 spiro atoms. The number of carbonyl (C=O) groups excluding carboxylic acids is 2. The van der Waals surface area contributed by atoms with Gasteiger partial charge in [-0.2, -0.15) is 0 Å². The third kappa shape index (κ3) is 12.1. The van der Waals surface area contributed by atoms with Crippen molar-refractivity contribution < 1.29 is 19.1 Å². The summed E-state index contributed by atoms with van der Waals surface area (Å²) in [6, 6.07) is 47.3. The van der Waals surface area contributed by atoms with Crippen LogP contribution in [0.15, 0.2) is 133 Å². The number of unbranched alkanes of at least 4 members (excludes halogenated alkanes) is 2. The molecule has 2 aliphatic carbocycles. The first-order chi connectivity index (χ1) is 34.5. The summed E-state index contributed by atoms with van der Waals surface area (Å²) in [5.74, 6) is 16.6. The van der Waals surface area contributed by atoms with E-state index in [2.05, 4.69) is 157 Å². The van der Waals surface area contributed by atoms with E-state index in [4.69, 9.17) is 9.47 Å². The highest BCUT2D eigenvalue weighted by Crippen LogP contribution is 2.48. The van der Waals surface area contributed by atoms with Crippen molar-refractivity contribution in [3.8, 4) is 57.1 Å². The Morgan fingerprint density at radius 2 is 0.914 bits per heavy atom. The largest absolute Gasteiger partial charge is 0.461 e. The molecule has 0 N–H and O–H groups in total. The predicted octanol–water partition coefficient (Wildman–Crippen LogP) is 16.0. The van der Waals surface area contributed by atoms with E-state index in [0.717, 1.165) is 82.4 Å². The van der Waals surface area contributed by atoms with Crippen molar-refractivity contribution in [1.29, 1.82) is 0 Å². The Bertz CT molecular complexity index is 2730. The SMILES string of the molecule is O=C(CCCCC1CCSS1)OCc1ccc2c(c1)-c1ccccc1C2CC#Cc1ccc(-c2ccc(C#CCC3c4ccccc4-c4cc(COC(=O)CCCCC5CCSS5)ccc43)cc2)cc1. The van der Waals surface area contributed by atoms with E-state index < -0.39 is 0 Å². The summed E-state index contributed by atoms with van der Waals surface area (Å²) in [4.78, 5) is 25.1. The number of esters is 2. The van der Waals surface area contributed by atoms with Crippen LogP contribution in [-0.4, -0.2) is 33.9 Å². The highest BCUT2D eigenvalue weighted by Gasteiger charge is 2.29. The van der Waals surface area contributed by atoms with Crippen LogP contribution in [0.1, 0.15) is 133 Å². The zero-order valence-electron chi connectivity index (χ0n) is 39.6. The van der Waals surface area contributed by atoms with Gasteiger partial charge in [0.15, 0.2) is 0 Å². The van der Waals surface area contributed by atoms with E-state index in [1.54, 1.807) is 0 Å². The Morgan fingerprint density at radius 3 is 1.34 bits per heavy atom. The summed E-state index contributed by atoms with van der Waals surface area (Å²) >= 11 is 0. The highest BCUT2D eigenvalue weighted by molar-refractivity contribution is 8.77. The zero-order chi connectivity index (χ0) is 47.5. The number of ether oxygens (including phenoxy) is 2. The maximum Gasteiger partial charge on any atom is 0.306 e. The van der Waals surface area contributed by atoms with Crippen LogP contribution in [0.25, 0.3) is 33.4 Å². The molecule has 2 aliphatic heterocycles. The van der Waals surface area contributed by atoms with Gasteiger partial charge in [0.2, 0.25) is 0 Å². The lowest BCUT2D eigenvalue weighted by atomic mass is 9.93. The second-order valence-corrected chi connectivity index (χ2v) is 24.3. The maximum atomic E-state index is 12.6. The van der Waals surface area contributed by atoms with Crippen molar-refractivity contribution >= 4 is 55.1 Å². The summed E-state index contributed by atoms with van der Waals surface area (Å²) < 4.78 is 11.4. The first-order valence-electron chi connectivity index (χ1n) is 25.0. The molecular formula is C62H58O4S4. The second kappa shape index (κ2) is 23.8. The van der Waals surface area contributed by atoms with Gasteiger partial charge in [0.1, 0.15) is 13.2 Å². The summed E-state index contributed by atoms with van der Waals surface area (Å²) in [7, 11) is 7.96. The number of fused-ring (bicyclic) bond motifs is 6. The van der Waals surface area contributed by atoms with Crippen LogP contribution in [0.5, 0.6) is 0 Å². The van der Waals surface area contributed by atoms with E-state index in [1.807, 2.05) is 43.2 Å². The van der Waals surface area contributed by atoms with Gasteiger partial charge in [0.25, 0.3) is 0 Å². The molecule has 2 fully saturated rings. The fourth-order valence-electron chi connectivity index (χ4n) is 10.2. The van der Waals surface area contributed by atoms with Gasteiger partial charge in [-0.25, -0.2) is 0 Å². The third-order valence-electron chi connectivity index (χ3n) is 14.0. The van der Waals surface area contributed by atoms with Crippen LogP contribution in [0.3, 0.4) is 0 Å². The van der Waals surface area contributed by atoms with Crippen LogP contribution in [-0.2, 0) is 32.3 Å². The average Bonchev–Trinajstić information content (AvgIpc) is 4.23. The molecule has 0 aromatic heterocycles. The van der Waals surface area contributed by atoms with E-state index in [9.17, 15) is 9.59 Å². The summed E-state index contributed by atoms with van der Waals surface area (Å²) in [6.45, 7) is 0.609. The molecule has 0 saturated carbocycles. The molecule has 0 radical (unpaired) electrons. The minimum Gasteiger partial charge on any atom is -0.461 e. The van der Waals surface area contributed by atoms with Crippen LogP contribution in [0.2, 0.25) is 0 Å². The number of hydrogen-bond donors (Lipinski definition) is 0. The lowest BCUT2D eigenvalue weighted by Gasteiger charge is -2.11. The van der Waals surface area contributed by atoms with Crippen LogP contribution in [0.4, 0.5) is 0 Å². The van der Waals surface area contributed by atoms with Crippen LogP contribution < -0.4 is 0 Å². The van der Waals surface area contributed by atoms with Gasteiger partial charge >= 0.3 is 11.9 Å². The first-order valence-corrected chi connectivity index (χ1v) is 29.8. The maximum absolute atomic E-state index is 12.6. The summed E-state index contributed by atoms with van der Waals surface area (Å²) in [5.41, 5.74) is 16.4. The summed E-state index contributed by atoms with van der Waals surface area (Å²) in [6.07, 6.45) is 11.4. The molecule has 4 atom stereocenters. The molecule has 4 nitrogen and oxygen atoms in total. The Labute approximate surface area is 430 Å². The Hall–Kier alpha value is -5.22. The van der Waals surface area contributed by atoms with E-state index in [1.165, 1.54) is 81.7 Å². The molecule has 2 heterocycles. The normalized spacial score (nSPS) is 18.1. The monoisotopic (exact) mass is 994 g/mol. The van der Waals surface area contributed by atoms with Gasteiger partial charge in [-0.1, -0.05) is 177 Å². The molecule has 4 unspecified atom stereocenters. The molecule has 6 aromatic rings. The number of hydrogen-bond acceptors (Lipinski definition) is 8. The van der Waals surface area contributed by atoms with E-state index >= 15 is 0 Å². The molecule has 4 aliphatic rings. The molecule has 8 heteroatoms.